The molecule has 3 rings (SSSR count). The van der Waals surface area contributed by atoms with Crippen LogP contribution in [-0.4, -0.2) is 67.2 Å². The second-order valence-corrected chi connectivity index (χ2v) is 6.67. The summed E-state index contributed by atoms with van der Waals surface area (Å²) in [5.74, 6) is 0.0530. The van der Waals surface area contributed by atoms with Gasteiger partial charge in [0.05, 0.1) is 25.2 Å². The molecule has 0 saturated carbocycles. The molecule has 2 amide bonds. The first-order valence-corrected chi connectivity index (χ1v) is 8.24. The Hall–Kier alpha value is -1.92. The van der Waals surface area contributed by atoms with E-state index in [0.717, 1.165) is 5.56 Å². The van der Waals surface area contributed by atoms with Crippen LogP contribution >= 0.6 is 0 Å². The zero-order valence-corrected chi connectivity index (χ0v) is 14.3. The predicted octanol–water partition coefficient (Wildman–Crippen LogP) is 0.971. The van der Waals surface area contributed by atoms with Crippen molar-refractivity contribution in [2.75, 3.05) is 40.0 Å². The largest absolute Gasteiger partial charge is 0.377 e. The van der Waals surface area contributed by atoms with Crippen LogP contribution in [0.5, 0.6) is 0 Å². The molecule has 1 spiro atoms. The van der Waals surface area contributed by atoms with Crippen molar-refractivity contribution in [2.45, 2.75) is 25.4 Å². The van der Waals surface area contributed by atoms with E-state index in [1.165, 1.54) is 12.7 Å². The summed E-state index contributed by atoms with van der Waals surface area (Å²) in [7, 11) is 1.51. The molecule has 2 aliphatic heterocycles. The number of hydrogen-bond donors (Lipinski definition) is 0. The van der Waals surface area contributed by atoms with Crippen LogP contribution in [0.4, 0.5) is 0 Å². The van der Waals surface area contributed by atoms with Crippen LogP contribution < -0.4 is 0 Å². The van der Waals surface area contributed by atoms with Gasteiger partial charge in [0, 0.05) is 26.7 Å². The van der Waals surface area contributed by atoms with Crippen molar-refractivity contribution in [3.05, 3.63) is 35.4 Å². The highest BCUT2D eigenvalue weighted by molar-refractivity contribution is 5.86. The number of methoxy groups -OCH3 is 1. The van der Waals surface area contributed by atoms with Crippen LogP contribution in [0.2, 0.25) is 0 Å². The number of ether oxygens (including phenoxy) is 2. The zero-order valence-electron chi connectivity index (χ0n) is 14.3. The molecule has 1 atom stereocenters. The number of nitrogens with zero attached hydrogens (tertiary/aromatic N) is 2. The third-order valence-corrected chi connectivity index (χ3v) is 4.80. The molecule has 2 heterocycles. The quantitative estimate of drug-likeness (QED) is 0.771. The van der Waals surface area contributed by atoms with E-state index in [4.69, 9.17) is 9.47 Å². The Balaban J connectivity index is 1.75. The van der Waals surface area contributed by atoms with Gasteiger partial charge in [-0.15, -0.1) is 0 Å². The lowest BCUT2D eigenvalue weighted by Crippen LogP contribution is -2.69. The van der Waals surface area contributed by atoms with Crippen molar-refractivity contribution in [2.24, 2.45) is 0 Å². The SMILES string of the molecule is COCC(=O)N1CCOCC2(CC(=O)N2Cc2ccc(C)cc2)C1. The van der Waals surface area contributed by atoms with Crippen molar-refractivity contribution in [3.63, 3.8) is 0 Å². The number of carbonyl (C=O) groups is 2. The molecule has 130 valence electrons. The Bertz CT molecular complexity index is 616. The fraction of sp³-hybridized carbons (Fsp3) is 0.556. The summed E-state index contributed by atoms with van der Waals surface area (Å²) in [6.45, 7) is 4.66. The Morgan fingerprint density at radius 1 is 1.33 bits per heavy atom. The minimum atomic E-state index is -0.415. The van der Waals surface area contributed by atoms with Crippen molar-refractivity contribution in [1.29, 1.82) is 0 Å². The van der Waals surface area contributed by atoms with E-state index in [2.05, 4.69) is 0 Å². The molecular formula is C18H24N2O4. The van der Waals surface area contributed by atoms with Crippen molar-refractivity contribution in [3.8, 4) is 0 Å². The van der Waals surface area contributed by atoms with Gasteiger partial charge in [-0.3, -0.25) is 9.59 Å². The molecule has 2 fully saturated rings. The van der Waals surface area contributed by atoms with Crippen LogP contribution in [0.15, 0.2) is 24.3 Å². The maximum absolute atomic E-state index is 12.2. The highest BCUT2D eigenvalue weighted by Gasteiger charge is 2.53. The van der Waals surface area contributed by atoms with Gasteiger partial charge in [-0.2, -0.15) is 0 Å². The fourth-order valence-corrected chi connectivity index (χ4v) is 3.39. The van der Waals surface area contributed by atoms with E-state index in [9.17, 15) is 9.59 Å². The Morgan fingerprint density at radius 2 is 2.08 bits per heavy atom. The van der Waals surface area contributed by atoms with E-state index >= 15 is 0 Å². The second kappa shape index (κ2) is 6.91. The molecule has 6 nitrogen and oxygen atoms in total. The summed E-state index contributed by atoms with van der Waals surface area (Å²) < 4.78 is 10.7. The molecule has 0 aliphatic carbocycles. The number of carbonyl (C=O) groups excluding carboxylic acids is 2. The molecule has 1 aromatic rings. The molecule has 2 aliphatic rings. The highest BCUT2D eigenvalue weighted by atomic mass is 16.5. The second-order valence-electron chi connectivity index (χ2n) is 6.67. The summed E-state index contributed by atoms with van der Waals surface area (Å²) in [6, 6.07) is 8.18. The highest BCUT2D eigenvalue weighted by Crippen LogP contribution is 2.36. The Morgan fingerprint density at radius 3 is 2.75 bits per heavy atom. The van der Waals surface area contributed by atoms with Crippen molar-refractivity contribution >= 4 is 11.8 Å². The smallest absolute Gasteiger partial charge is 0.248 e. The average molecular weight is 332 g/mol. The van der Waals surface area contributed by atoms with Crippen LogP contribution in [0.3, 0.4) is 0 Å². The predicted molar refractivity (Wildman–Crippen MR) is 88.4 cm³/mol. The first-order valence-electron chi connectivity index (χ1n) is 8.24. The maximum atomic E-state index is 12.2. The summed E-state index contributed by atoms with van der Waals surface area (Å²) in [5.41, 5.74) is 1.87. The number of amides is 2. The zero-order chi connectivity index (χ0) is 17.2. The van der Waals surface area contributed by atoms with E-state index in [1.54, 1.807) is 4.90 Å². The molecule has 2 saturated heterocycles. The summed E-state index contributed by atoms with van der Waals surface area (Å²) in [5, 5.41) is 0. The third kappa shape index (κ3) is 3.30. The van der Waals surface area contributed by atoms with E-state index in [-0.39, 0.29) is 18.4 Å². The maximum Gasteiger partial charge on any atom is 0.248 e. The van der Waals surface area contributed by atoms with Crippen LogP contribution in [-0.2, 0) is 25.6 Å². The summed E-state index contributed by atoms with van der Waals surface area (Å²) in [4.78, 5) is 28.0. The number of benzene rings is 1. The lowest BCUT2D eigenvalue weighted by Gasteiger charge is -2.52. The minimum absolute atomic E-state index is 0.0575. The van der Waals surface area contributed by atoms with E-state index < -0.39 is 5.54 Å². The molecule has 0 bridgehead atoms. The molecule has 24 heavy (non-hydrogen) atoms. The van der Waals surface area contributed by atoms with Crippen LogP contribution in [0, 0.1) is 6.92 Å². The van der Waals surface area contributed by atoms with Crippen LogP contribution in [0.1, 0.15) is 17.5 Å². The molecule has 0 aromatic heterocycles. The van der Waals surface area contributed by atoms with Crippen LogP contribution in [0.25, 0.3) is 0 Å². The number of hydrogen-bond acceptors (Lipinski definition) is 4. The van der Waals surface area contributed by atoms with Gasteiger partial charge in [0.25, 0.3) is 0 Å². The van der Waals surface area contributed by atoms with E-state index in [1.807, 2.05) is 36.1 Å². The minimum Gasteiger partial charge on any atom is -0.377 e. The number of likely N-dealkylation sites (tertiary alicyclic amines) is 1. The molecular weight excluding hydrogens is 308 g/mol. The molecule has 6 heteroatoms. The number of rotatable bonds is 4. The van der Waals surface area contributed by atoms with Gasteiger partial charge >= 0.3 is 0 Å². The molecule has 1 unspecified atom stereocenters. The van der Waals surface area contributed by atoms with Gasteiger partial charge in [0.2, 0.25) is 11.8 Å². The van der Waals surface area contributed by atoms with Crippen molar-refractivity contribution < 1.29 is 19.1 Å². The first kappa shape index (κ1) is 16.9. The van der Waals surface area contributed by atoms with Gasteiger partial charge in [-0.05, 0) is 12.5 Å². The fourth-order valence-electron chi connectivity index (χ4n) is 3.39. The van der Waals surface area contributed by atoms with Gasteiger partial charge in [-0.25, -0.2) is 0 Å². The summed E-state index contributed by atoms with van der Waals surface area (Å²) in [6.07, 6.45) is 0.426. The monoisotopic (exact) mass is 332 g/mol. The van der Waals surface area contributed by atoms with Gasteiger partial charge in [0.15, 0.2) is 0 Å². The van der Waals surface area contributed by atoms with Gasteiger partial charge in [-0.1, -0.05) is 29.8 Å². The molecule has 0 N–H and O–H groups in total. The average Bonchev–Trinajstić information content (AvgIpc) is 2.79. The first-order chi connectivity index (χ1) is 11.5. The standard InChI is InChI=1S/C18H24N2O4/c1-14-3-5-15(6-4-14)10-20-16(21)9-18(20)12-19(7-8-24-13-18)17(22)11-23-2/h3-6H,7-13H2,1-2H3. The molecule has 1 aromatic carbocycles. The Kier molecular flexibility index (Phi) is 4.87. The topological polar surface area (TPSA) is 59.1 Å². The third-order valence-electron chi connectivity index (χ3n) is 4.80. The molecule has 0 radical (unpaired) electrons. The van der Waals surface area contributed by atoms with E-state index in [0.29, 0.717) is 39.3 Å². The normalized spacial score (nSPS) is 24.0. The van der Waals surface area contributed by atoms with Gasteiger partial charge in [0.1, 0.15) is 6.61 Å². The van der Waals surface area contributed by atoms with Gasteiger partial charge < -0.3 is 19.3 Å². The summed E-state index contributed by atoms with van der Waals surface area (Å²) >= 11 is 0. The number of β-lactam (4-membered cyclic amide) rings is 1. The Labute approximate surface area is 142 Å². The van der Waals surface area contributed by atoms with Crippen molar-refractivity contribution in [1.82, 2.24) is 9.80 Å². The number of aryl methyl sites for hydroxylation is 1. The lowest BCUT2D eigenvalue weighted by molar-refractivity contribution is -0.166. The lowest BCUT2D eigenvalue weighted by atomic mass is 9.83.